The van der Waals surface area contributed by atoms with E-state index in [9.17, 15) is 0 Å². The average Bonchev–Trinajstić information content (AvgIpc) is 2.70. The van der Waals surface area contributed by atoms with E-state index in [-0.39, 0.29) is 30.9 Å². The summed E-state index contributed by atoms with van der Waals surface area (Å²) in [6.45, 7) is 2.58. The fourth-order valence-corrected chi connectivity index (χ4v) is 2.31. The monoisotopic (exact) mass is 355 g/mol. The molecule has 0 fully saturated rings. The van der Waals surface area contributed by atoms with Gasteiger partial charge in [0.05, 0.1) is 18.6 Å². The summed E-state index contributed by atoms with van der Waals surface area (Å²) in [5, 5.41) is 1.34. The molecule has 0 amide bonds. The minimum Gasteiger partial charge on any atom is -0.333 e. The number of hydrogen-bond acceptors (Lipinski definition) is 2. The van der Waals surface area contributed by atoms with Crippen molar-refractivity contribution in [3.8, 4) is 0 Å². The van der Waals surface area contributed by atoms with Gasteiger partial charge in [0.25, 0.3) is 0 Å². The van der Waals surface area contributed by atoms with Gasteiger partial charge in [-0.25, -0.2) is 4.98 Å². The molecular formula is C13H17Cl4N3. The second-order valence-electron chi connectivity index (χ2n) is 4.42. The van der Waals surface area contributed by atoms with Crippen LogP contribution in [-0.2, 0) is 13.0 Å². The Bertz CT molecular complexity index is 520. The Morgan fingerprint density at radius 2 is 1.85 bits per heavy atom. The maximum absolute atomic E-state index is 6.13. The molecule has 2 aromatic rings. The highest BCUT2D eigenvalue weighted by Crippen LogP contribution is 2.25. The molecule has 0 saturated carbocycles. The zero-order chi connectivity index (χ0) is 13.1. The van der Waals surface area contributed by atoms with E-state index in [1.807, 2.05) is 35.9 Å². The number of rotatable bonds is 4. The predicted molar refractivity (Wildman–Crippen MR) is 89.6 cm³/mol. The molecule has 0 bridgehead atoms. The lowest BCUT2D eigenvalue weighted by atomic mass is 10.2. The first-order valence-corrected chi connectivity index (χ1v) is 6.51. The fraction of sp³-hybridized carbons (Fsp3) is 0.308. The number of hydrogen-bond donors (Lipinski definition) is 1. The van der Waals surface area contributed by atoms with Crippen molar-refractivity contribution in [2.45, 2.75) is 25.9 Å². The Hall–Kier alpha value is -0.450. The zero-order valence-electron chi connectivity index (χ0n) is 10.9. The Kier molecular flexibility index (Phi) is 8.56. The number of halogens is 4. The second-order valence-corrected chi connectivity index (χ2v) is 5.23. The van der Waals surface area contributed by atoms with Gasteiger partial charge in [0, 0.05) is 34.3 Å². The van der Waals surface area contributed by atoms with Crippen LogP contribution in [-0.4, -0.2) is 15.6 Å². The molecule has 1 aromatic carbocycles. The number of imidazole rings is 1. The van der Waals surface area contributed by atoms with Crippen molar-refractivity contribution < 1.29 is 0 Å². The fourth-order valence-electron chi connectivity index (χ4n) is 1.79. The predicted octanol–water partition coefficient (Wildman–Crippen LogP) is 3.97. The highest BCUT2D eigenvalue weighted by atomic mass is 35.5. The molecule has 7 heteroatoms. The van der Waals surface area contributed by atoms with Crippen molar-refractivity contribution in [1.29, 1.82) is 0 Å². The van der Waals surface area contributed by atoms with Crippen LogP contribution < -0.4 is 5.73 Å². The van der Waals surface area contributed by atoms with Crippen LogP contribution in [0.2, 0.25) is 10.0 Å². The van der Waals surface area contributed by atoms with Gasteiger partial charge < -0.3 is 10.3 Å². The van der Waals surface area contributed by atoms with Crippen LogP contribution >= 0.6 is 48.0 Å². The summed E-state index contributed by atoms with van der Waals surface area (Å²) < 4.78 is 1.96. The van der Waals surface area contributed by atoms with Gasteiger partial charge in [0.2, 0.25) is 0 Å². The third-order valence-electron chi connectivity index (χ3n) is 2.62. The number of nitrogens with zero attached hydrogens (tertiary/aromatic N) is 2. The van der Waals surface area contributed by atoms with Gasteiger partial charge in [-0.1, -0.05) is 29.3 Å². The van der Waals surface area contributed by atoms with E-state index in [1.165, 1.54) is 0 Å². The van der Waals surface area contributed by atoms with E-state index in [0.29, 0.717) is 16.6 Å². The van der Waals surface area contributed by atoms with Crippen LogP contribution in [0.25, 0.3) is 0 Å². The third kappa shape index (κ3) is 5.15. The molecule has 0 aliphatic carbocycles. The Morgan fingerprint density at radius 1 is 1.25 bits per heavy atom. The average molecular weight is 357 g/mol. The lowest BCUT2D eigenvalue weighted by Crippen LogP contribution is -2.17. The first kappa shape index (κ1) is 19.6. The minimum absolute atomic E-state index is 0. The van der Waals surface area contributed by atoms with Crippen LogP contribution in [0.5, 0.6) is 0 Å². The first-order valence-electron chi connectivity index (χ1n) is 5.75. The van der Waals surface area contributed by atoms with Gasteiger partial charge in [-0.2, -0.15) is 0 Å². The number of aromatic nitrogens is 2. The third-order valence-corrected chi connectivity index (χ3v) is 3.33. The largest absolute Gasteiger partial charge is 0.333 e. The molecule has 2 N–H and O–H groups in total. The lowest BCUT2D eigenvalue weighted by molar-refractivity contribution is 0.723. The molecule has 1 aromatic heterocycles. The molecule has 0 saturated heterocycles. The molecule has 0 aliphatic rings. The summed E-state index contributed by atoms with van der Waals surface area (Å²) in [4.78, 5) is 4.31. The zero-order valence-corrected chi connectivity index (χ0v) is 14.1. The molecule has 1 unspecified atom stereocenters. The molecule has 0 aliphatic heterocycles. The summed E-state index contributed by atoms with van der Waals surface area (Å²) in [6.07, 6.45) is 4.52. The van der Waals surface area contributed by atoms with Crippen molar-refractivity contribution in [2.24, 2.45) is 5.73 Å². The van der Waals surface area contributed by atoms with Crippen LogP contribution in [0.4, 0.5) is 0 Å². The Labute approximate surface area is 141 Å². The van der Waals surface area contributed by atoms with Crippen molar-refractivity contribution in [3.05, 3.63) is 52.0 Å². The van der Waals surface area contributed by atoms with Gasteiger partial charge in [0.1, 0.15) is 0 Å². The molecule has 3 nitrogen and oxygen atoms in total. The lowest BCUT2D eigenvalue weighted by Gasteiger charge is -2.07. The van der Waals surface area contributed by atoms with Crippen LogP contribution in [0.15, 0.2) is 30.7 Å². The van der Waals surface area contributed by atoms with Crippen molar-refractivity contribution >= 4 is 48.0 Å². The number of benzene rings is 1. The van der Waals surface area contributed by atoms with Gasteiger partial charge in [-0.05, 0) is 19.1 Å². The molecule has 2 rings (SSSR count). The normalized spacial score (nSPS) is 11.4. The van der Waals surface area contributed by atoms with Crippen LogP contribution in [0.3, 0.4) is 0 Å². The van der Waals surface area contributed by atoms with E-state index >= 15 is 0 Å². The highest BCUT2D eigenvalue weighted by Gasteiger charge is 2.07. The summed E-state index contributed by atoms with van der Waals surface area (Å²) in [7, 11) is 0. The first-order chi connectivity index (χ1) is 8.56. The molecule has 0 radical (unpaired) electrons. The maximum atomic E-state index is 6.13. The van der Waals surface area contributed by atoms with E-state index in [4.69, 9.17) is 28.9 Å². The molecular weight excluding hydrogens is 340 g/mol. The SMILES string of the molecule is CC(N)Cc1cn(Cc2c(Cl)cccc2Cl)cn1.Cl.Cl. The van der Waals surface area contributed by atoms with E-state index in [0.717, 1.165) is 17.7 Å². The van der Waals surface area contributed by atoms with Gasteiger partial charge in [-0.15, -0.1) is 24.8 Å². The summed E-state index contributed by atoms with van der Waals surface area (Å²) in [6, 6.07) is 5.62. The highest BCUT2D eigenvalue weighted by molar-refractivity contribution is 6.35. The van der Waals surface area contributed by atoms with E-state index in [1.54, 1.807) is 6.33 Å². The summed E-state index contributed by atoms with van der Waals surface area (Å²) in [5.41, 5.74) is 7.63. The van der Waals surface area contributed by atoms with Crippen molar-refractivity contribution in [2.75, 3.05) is 0 Å². The quantitative estimate of drug-likeness (QED) is 0.900. The van der Waals surface area contributed by atoms with Crippen LogP contribution in [0.1, 0.15) is 18.2 Å². The molecule has 1 heterocycles. The molecule has 1 atom stereocenters. The number of nitrogens with two attached hydrogens (primary N) is 1. The standard InChI is InChI=1S/C13H15Cl2N3.2ClH/c1-9(16)5-10-6-18(8-17-10)7-11-12(14)3-2-4-13(11)15;;/h2-4,6,8-9H,5,7,16H2,1H3;2*1H. The summed E-state index contributed by atoms with van der Waals surface area (Å²) in [5.74, 6) is 0. The van der Waals surface area contributed by atoms with Gasteiger partial charge in [0.15, 0.2) is 0 Å². The second kappa shape index (κ2) is 8.75. The topological polar surface area (TPSA) is 43.8 Å². The summed E-state index contributed by atoms with van der Waals surface area (Å²) >= 11 is 12.3. The Morgan fingerprint density at radius 3 is 2.40 bits per heavy atom. The van der Waals surface area contributed by atoms with Crippen molar-refractivity contribution in [1.82, 2.24) is 9.55 Å². The van der Waals surface area contributed by atoms with E-state index in [2.05, 4.69) is 4.98 Å². The maximum Gasteiger partial charge on any atom is 0.0952 e. The van der Waals surface area contributed by atoms with E-state index < -0.39 is 0 Å². The molecule has 0 spiro atoms. The minimum atomic E-state index is 0. The van der Waals surface area contributed by atoms with Gasteiger partial charge in [-0.3, -0.25) is 0 Å². The molecule has 20 heavy (non-hydrogen) atoms. The van der Waals surface area contributed by atoms with Crippen LogP contribution in [0, 0.1) is 0 Å². The van der Waals surface area contributed by atoms with Gasteiger partial charge >= 0.3 is 0 Å². The van der Waals surface area contributed by atoms with Crippen molar-refractivity contribution in [3.63, 3.8) is 0 Å². The molecule has 112 valence electrons. The Balaban J connectivity index is 0.00000180. The smallest absolute Gasteiger partial charge is 0.0952 e.